The van der Waals surface area contributed by atoms with E-state index < -0.39 is 10.0 Å². The van der Waals surface area contributed by atoms with Crippen LogP contribution in [-0.2, 0) is 16.4 Å². The molecular formula is C24H23N3O3S. The Bertz CT molecular complexity index is 1160. The van der Waals surface area contributed by atoms with Crippen LogP contribution in [0, 0.1) is 11.3 Å². The fourth-order valence-electron chi connectivity index (χ4n) is 3.16. The molecule has 0 bridgehead atoms. The molecule has 0 aliphatic carbocycles. The van der Waals surface area contributed by atoms with Crippen LogP contribution in [0.15, 0.2) is 89.8 Å². The van der Waals surface area contributed by atoms with Crippen LogP contribution in [0.4, 0.5) is 0 Å². The van der Waals surface area contributed by atoms with Crippen LogP contribution >= 0.6 is 0 Å². The summed E-state index contributed by atoms with van der Waals surface area (Å²) in [7, 11) is -3.80. The molecule has 0 aliphatic heterocycles. The lowest BCUT2D eigenvalue weighted by atomic mass is 9.98. The van der Waals surface area contributed by atoms with E-state index in [1.807, 2.05) is 66.7 Å². The third-order valence-electron chi connectivity index (χ3n) is 4.73. The highest BCUT2D eigenvalue weighted by molar-refractivity contribution is 7.89. The first-order chi connectivity index (χ1) is 15.0. The number of hydrogen-bond acceptors (Lipinski definition) is 4. The molecule has 0 heterocycles. The molecule has 2 N–H and O–H groups in total. The highest BCUT2D eigenvalue weighted by Crippen LogP contribution is 2.20. The topological polar surface area (TPSA) is 99.1 Å². The SMILES string of the molecule is N#CCCNS(=O)(=O)c1cccc(C(=O)N[C@@H](Cc2ccccc2)c2ccccc2)c1. The van der Waals surface area contributed by atoms with E-state index in [0.717, 1.165) is 11.1 Å². The maximum Gasteiger partial charge on any atom is 0.251 e. The lowest BCUT2D eigenvalue weighted by Crippen LogP contribution is -2.30. The fraction of sp³-hybridized carbons (Fsp3) is 0.167. The van der Waals surface area contributed by atoms with Crippen molar-refractivity contribution in [2.75, 3.05) is 6.54 Å². The lowest BCUT2D eigenvalue weighted by Gasteiger charge is -2.20. The van der Waals surface area contributed by atoms with E-state index in [1.54, 1.807) is 6.07 Å². The van der Waals surface area contributed by atoms with Gasteiger partial charge in [-0.15, -0.1) is 0 Å². The fourth-order valence-corrected chi connectivity index (χ4v) is 4.24. The molecule has 158 valence electrons. The number of benzene rings is 3. The summed E-state index contributed by atoms with van der Waals surface area (Å²) >= 11 is 0. The molecule has 0 aromatic heterocycles. The van der Waals surface area contributed by atoms with E-state index in [-0.39, 0.29) is 35.4 Å². The molecule has 1 amide bonds. The van der Waals surface area contributed by atoms with Crippen molar-refractivity contribution in [1.82, 2.24) is 10.0 Å². The van der Waals surface area contributed by atoms with E-state index in [9.17, 15) is 13.2 Å². The molecule has 0 aliphatic rings. The molecule has 0 radical (unpaired) electrons. The van der Waals surface area contributed by atoms with Crippen molar-refractivity contribution in [3.63, 3.8) is 0 Å². The zero-order valence-corrected chi connectivity index (χ0v) is 17.7. The van der Waals surface area contributed by atoms with Crippen LogP contribution in [-0.4, -0.2) is 20.9 Å². The van der Waals surface area contributed by atoms with Crippen molar-refractivity contribution in [2.24, 2.45) is 0 Å². The lowest BCUT2D eigenvalue weighted by molar-refractivity contribution is 0.0936. The molecule has 3 aromatic rings. The van der Waals surface area contributed by atoms with Crippen molar-refractivity contribution in [3.8, 4) is 6.07 Å². The van der Waals surface area contributed by atoms with Gasteiger partial charge in [0.15, 0.2) is 0 Å². The summed E-state index contributed by atoms with van der Waals surface area (Å²) in [6.45, 7) is 0.0163. The molecule has 31 heavy (non-hydrogen) atoms. The highest BCUT2D eigenvalue weighted by Gasteiger charge is 2.19. The number of nitrogens with zero attached hydrogens (tertiary/aromatic N) is 1. The monoisotopic (exact) mass is 433 g/mol. The Morgan fingerprint density at radius 2 is 1.61 bits per heavy atom. The standard InChI is InChI=1S/C24H23N3O3S/c25-15-8-16-26-31(29,30)22-14-7-13-21(18-22)24(28)27-23(20-11-5-2-6-12-20)17-19-9-3-1-4-10-19/h1-7,9-14,18,23,26H,8,16-17H2,(H,27,28)/t23-/m0/s1. The number of amides is 1. The van der Waals surface area contributed by atoms with Gasteiger partial charge in [-0.1, -0.05) is 66.7 Å². The molecule has 0 saturated heterocycles. The Balaban J connectivity index is 1.81. The van der Waals surface area contributed by atoms with E-state index in [2.05, 4.69) is 10.0 Å². The number of nitriles is 1. The summed E-state index contributed by atoms with van der Waals surface area (Å²) in [5, 5.41) is 11.6. The smallest absolute Gasteiger partial charge is 0.251 e. The summed E-state index contributed by atoms with van der Waals surface area (Å²) in [4.78, 5) is 13.0. The average molecular weight is 434 g/mol. The molecule has 0 fully saturated rings. The molecule has 0 spiro atoms. The van der Waals surface area contributed by atoms with Gasteiger partial charge in [0.1, 0.15) is 0 Å². The van der Waals surface area contributed by atoms with Gasteiger partial charge in [-0.25, -0.2) is 13.1 Å². The molecule has 0 saturated carbocycles. The van der Waals surface area contributed by atoms with Gasteiger partial charge in [-0.3, -0.25) is 4.79 Å². The van der Waals surface area contributed by atoms with E-state index in [0.29, 0.717) is 6.42 Å². The molecular weight excluding hydrogens is 410 g/mol. The molecule has 3 rings (SSSR count). The number of sulfonamides is 1. The van der Waals surface area contributed by atoms with E-state index in [1.165, 1.54) is 18.2 Å². The zero-order chi connectivity index (χ0) is 22.1. The molecule has 6 nitrogen and oxygen atoms in total. The second-order valence-corrected chi connectivity index (χ2v) is 8.73. The first-order valence-corrected chi connectivity index (χ1v) is 11.3. The Labute approximate surface area is 182 Å². The largest absolute Gasteiger partial charge is 0.345 e. The molecule has 7 heteroatoms. The Kier molecular flexibility index (Phi) is 7.55. The first kappa shape index (κ1) is 22.2. The minimum Gasteiger partial charge on any atom is -0.345 e. The van der Waals surface area contributed by atoms with Gasteiger partial charge < -0.3 is 5.32 Å². The molecule has 3 aromatic carbocycles. The quantitative estimate of drug-likeness (QED) is 0.504. The van der Waals surface area contributed by atoms with Gasteiger partial charge in [-0.2, -0.15) is 5.26 Å². The zero-order valence-electron chi connectivity index (χ0n) is 16.9. The number of hydrogen-bond donors (Lipinski definition) is 2. The first-order valence-electron chi connectivity index (χ1n) is 9.86. The number of carbonyl (C=O) groups is 1. The van der Waals surface area contributed by atoms with Crippen molar-refractivity contribution in [3.05, 3.63) is 102 Å². The predicted octanol–water partition coefficient (Wildman–Crippen LogP) is 3.59. The van der Waals surface area contributed by atoms with Crippen LogP contribution in [0.1, 0.15) is 33.9 Å². The maximum atomic E-state index is 13.0. The van der Waals surface area contributed by atoms with Crippen molar-refractivity contribution >= 4 is 15.9 Å². The van der Waals surface area contributed by atoms with E-state index >= 15 is 0 Å². The Morgan fingerprint density at radius 1 is 0.935 bits per heavy atom. The minimum absolute atomic E-state index is 0.0163. The number of rotatable bonds is 9. The van der Waals surface area contributed by atoms with Gasteiger partial charge in [-0.05, 0) is 35.7 Å². The average Bonchev–Trinajstić information content (AvgIpc) is 2.80. The minimum atomic E-state index is -3.80. The summed E-state index contributed by atoms with van der Waals surface area (Å²) in [6, 6.07) is 27.0. The molecule has 0 unspecified atom stereocenters. The third-order valence-corrected chi connectivity index (χ3v) is 6.18. The van der Waals surface area contributed by atoms with Crippen LogP contribution in [0.25, 0.3) is 0 Å². The Morgan fingerprint density at radius 3 is 2.29 bits per heavy atom. The second-order valence-electron chi connectivity index (χ2n) is 6.96. The summed E-state index contributed by atoms with van der Waals surface area (Å²) in [5.41, 5.74) is 2.29. The highest BCUT2D eigenvalue weighted by atomic mass is 32.2. The van der Waals surface area contributed by atoms with Crippen molar-refractivity contribution in [1.29, 1.82) is 5.26 Å². The summed E-state index contributed by atoms with van der Waals surface area (Å²) in [6.07, 6.45) is 0.669. The number of carbonyl (C=O) groups excluding carboxylic acids is 1. The number of nitrogens with one attached hydrogen (secondary N) is 2. The van der Waals surface area contributed by atoms with Crippen LogP contribution in [0.2, 0.25) is 0 Å². The second kappa shape index (κ2) is 10.5. The predicted molar refractivity (Wildman–Crippen MR) is 119 cm³/mol. The van der Waals surface area contributed by atoms with Crippen molar-refractivity contribution in [2.45, 2.75) is 23.8 Å². The van der Waals surface area contributed by atoms with Gasteiger partial charge in [0.25, 0.3) is 5.91 Å². The van der Waals surface area contributed by atoms with Crippen LogP contribution in [0.3, 0.4) is 0 Å². The summed E-state index contributed by atoms with van der Waals surface area (Å²) < 4.78 is 27.2. The van der Waals surface area contributed by atoms with Gasteiger partial charge in [0.2, 0.25) is 10.0 Å². The van der Waals surface area contributed by atoms with Gasteiger partial charge >= 0.3 is 0 Å². The normalized spacial score (nSPS) is 12.0. The van der Waals surface area contributed by atoms with Gasteiger partial charge in [0.05, 0.1) is 17.0 Å². The Hall–Kier alpha value is -3.47. The third kappa shape index (κ3) is 6.25. The maximum absolute atomic E-state index is 13.0. The molecule has 1 atom stereocenters. The van der Waals surface area contributed by atoms with Crippen LogP contribution < -0.4 is 10.0 Å². The van der Waals surface area contributed by atoms with Gasteiger partial charge in [0, 0.05) is 18.5 Å². The summed E-state index contributed by atoms with van der Waals surface area (Å²) in [5.74, 6) is -0.362. The van der Waals surface area contributed by atoms with E-state index in [4.69, 9.17) is 5.26 Å². The van der Waals surface area contributed by atoms with Crippen LogP contribution in [0.5, 0.6) is 0 Å². The van der Waals surface area contributed by atoms with Crippen molar-refractivity contribution < 1.29 is 13.2 Å².